The predicted molar refractivity (Wildman–Crippen MR) is 53.6 cm³/mol. The summed E-state index contributed by atoms with van der Waals surface area (Å²) in [5, 5.41) is 0. The van der Waals surface area contributed by atoms with Crippen molar-refractivity contribution < 1.29 is 9.53 Å². The van der Waals surface area contributed by atoms with Gasteiger partial charge in [0.15, 0.2) is 0 Å². The number of carbonyl (C=O) groups excluding carboxylic acids is 1. The standard InChI is InChI=1S/C9H19N3O2/c1-7-6-12(2-3-14-7)8(5-10)4-9(11)13/h7-8H,2-6,10H2,1H3,(H2,11,13). The fourth-order valence-electron chi connectivity index (χ4n) is 1.77. The van der Waals surface area contributed by atoms with Crippen LogP contribution in [0.15, 0.2) is 0 Å². The van der Waals surface area contributed by atoms with Gasteiger partial charge in [-0.1, -0.05) is 0 Å². The van der Waals surface area contributed by atoms with E-state index in [4.69, 9.17) is 16.2 Å². The van der Waals surface area contributed by atoms with Gasteiger partial charge in [0.1, 0.15) is 0 Å². The summed E-state index contributed by atoms with van der Waals surface area (Å²) in [5.41, 5.74) is 10.8. The zero-order valence-corrected chi connectivity index (χ0v) is 8.61. The summed E-state index contributed by atoms with van der Waals surface area (Å²) in [6.07, 6.45) is 0.550. The Labute approximate surface area is 84.4 Å². The Balaban J connectivity index is 2.46. The molecule has 2 unspecified atom stereocenters. The van der Waals surface area contributed by atoms with Gasteiger partial charge in [0.2, 0.25) is 5.91 Å². The van der Waals surface area contributed by atoms with E-state index in [2.05, 4.69) is 4.90 Å². The third-order valence-corrected chi connectivity index (χ3v) is 2.50. The fourth-order valence-corrected chi connectivity index (χ4v) is 1.77. The van der Waals surface area contributed by atoms with E-state index in [0.717, 1.165) is 13.1 Å². The molecule has 1 aliphatic rings. The summed E-state index contributed by atoms with van der Waals surface area (Å²) >= 11 is 0. The minimum atomic E-state index is -0.292. The van der Waals surface area contributed by atoms with Crippen LogP contribution in [0.4, 0.5) is 0 Å². The molecule has 1 heterocycles. The van der Waals surface area contributed by atoms with Crippen molar-refractivity contribution in [1.29, 1.82) is 0 Å². The van der Waals surface area contributed by atoms with E-state index in [0.29, 0.717) is 19.6 Å². The van der Waals surface area contributed by atoms with E-state index in [1.807, 2.05) is 6.92 Å². The minimum absolute atomic E-state index is 0.0684. The van der Waals surface area contributed by atoms with Gasteiger partial charge in [0.05, 0.1) is 12.7 Å². The number of nitrogens with two attached hydrogens (primary N) is 2. The highest BCUT2D eigenvalue weighted by Gasteiger charge is 2.24. The van der Waals surface area contributed by atoms with Crippen LogP contribution in [0.5, 0.6) is 0 Å². The van der Waals surface area contributed by atoms with Crippen molar-refractivity contribution in [2.75, 3.05) is 26.2 Å². The van der Waals surface area contributed by atoms with Gasteiger partial charge in [-0.2, -0.15) is 0 Å². The molecule has 0 aromatic heterocycles. The third-order valence-electron chi connectivity index (χ3n) is 2.50. The Kier molecular flexibility index (Phi) is 4.31. The largest absolute Gasteiger partial charge is 0.376 e. The Morgan fingerprint density at radius 3 is 2.93 bits per heavy atom. The Morgan fingerprint density at radius 2 is 2.43 bits per heavy atom. The molecule has 82 valence electrons. The number of amides is 1. The summed E-state index contributed by atoms with van der Waals surface area (Å²) in [7, 11) is 0. The summed E-state index contributed by atoms with van der Waals surface area (Å²) in [4.78, 5) is 13.0. The van der Waals surface area contributed by atoms with Crippen LogP contribution in [0.1, 0.15) is 13.3 Å². The summed E-state index contributed by atoms with van der Waals surface area (Å²) in [6, 6.07) is 0.0684. The maximum atomic E-state index is 10.8. The highest BCUT2D eigenvalue weighted by atomic mass is 16.5. The Morgan fingerprint density at radius 1 is 1.71 bits per heavy atom. The molecule has 1 saturated heterocycles. The first kappa shape index (κ1) is 11.4. The van der Waals surface area contributed by atoms with Crippen LogP contribution >= 0.6 is 0 Å². The van der Waals surface area contributed by atoms with Crippen LogP contribution in [0, 0.1) is 0 Å². The quantitative estimate of drug-likeness (QED) is 0.605. The monoisotopic (exact) mass is 201 g/mol. The molecule has 0 aromatic rings. The number of primary amides is 1. The van der Waals surface area contributed by atoms with E-state index in [-0.39, 0.29) is 18.1 Å². The molecule has 1 amide bonds. The minimum Gasteiger partial charge on any atom is -0.376 e. The molecule has 0 bridgehead atoms. The molecule has 0 radical (unpaired) electrons. The van der Waals surface area contributed by atoms with Crippen molar-refractivity contribution in [3.05, 3.63) is 0 Å². The number of hydrogen-bond donors (Lipinski definition) is 2. The molecular weight excluding hydrogens is 182 g/mol. The van der Waals surface area contributed by atoms with Crippen LogP contribution in [-0.2, 0) is 9.53 Å². The van der Waals surface area contributed by atoms with Gasteiger partial charge in [-0.3, -0.25) is 9.69 Å². The summed E-state index contributed by atoms with van der Waals surface area (Å²) < 4.78 is 5.41. The van der Waals surface area contributed by atoms with E-state index < -0.39 is 0 Å². The average molecular weight is 201 g/mol. The van der Waals surface area contributed by atoms with Gasteiger partial charge in [-0.05, 0) is 6.92 Å². The maximum Gasteiger partial charge on any atom is 0.219 e. The molecule has 1 fully saturated rings. The lowest BCUT2D eigenvalue weighted by Gasteiger charge is -2.36. The van der Waals surface area contributed by atoms with Gasteiger partial charge in [-0.15, -0.1) is 0 Å². The van der Waals surface area contributed by atoms with Crippen LogP contribution in [0.3, 0.4) is 0 Å². The average Bonchev–Trinajstić information content (AvgIpc) is 2.14. The van der Waals surface area contributed by atoms with Crippen LogP contribution in [0.2, 0.25) is 0 Å². The molecular formula is C9H19N3O2. The number of nitrogens with zero attached hydrogens (tertiary/aromatic N) is 1. The molecule has 2 atom stereocenters. The van der Waals surface area contributed by atoms with Crippen LogP contribution in [0.25, 0.3) is 0 Å². The van der Waals surface area contributed by atoms with Gasteiger partial charge < -0.3 is 16.2 Å². The van der Waals surface area contributed by atoms with Gasteiger partial charge in [0.25, 0.3) is 0 Å². The lowest BCUT2D eigenvalue weighted by atomic mass is 10.1. The SMILES string of the molecule is CC1CN(C(CN)CC(N)=O)CCO1. The molecule has 0 spiro atoms. The number of rotatable bonds is 4. The predicted octanol–water partition coefficient (Wildman–Crippen LogP) is -1.09. The topological polar surface area (TPSA) is 81.6 Å². The van der Waals surface area contributed by atoms with Crippen molar-refractivity contribution in [3.8, 4) is 0 Å². The van der Waals surface area contributed by atoms with E-state index >= 15 is 0 Å². The third kappa shape index (κ3) is 3.25. The van der Waals surface area contributed by atoms with Gasteiger partial charge in [0, 0.05) is 32.1 Å². The molecule has 14 heavy (non-hydrogen) atoms. The molecule has 1 rings (SSSR count). The lowest BCUT2D eigenvalue weighted by molar-refractivity contribution is -0.120. The summed E-state index contributed by atoms with van der Waals surface area (Å²) in [5.74, 6) is -0.292. The molecule has 1 aliphatic heterocycles. The van der Waals surface area contributed by atoms with Gasteiger partial charge in [-0.25, -0.2) is 0 Å². The van der Waals surface area contributed by atoms with Crippen molar-refractivity contribution in [2.45, 2.75) is 25.5 Å². The number of carbonyl (C=O) groups is 1. The van der Waals surface area contributed by atoms with E-state index in [1.165, 1.54) is 0 Å². The normalized spacial score (nSPS) is 26.0. The molecule has 5 heteroatoms. The maximum absolute atomic E-state index is 10.8. The molecule has 4 N–H and O–H groups in total. The number of ether oxygens (including phenoxy) is 1. The fraction of sp³-hybridized carbons (Fsp3) is 0.889. The molecule has 5 nitrogen and oxygen atoms in total. The Bertz CT molecular complexity index is 198. The smallest absolute Gasteiger partial charge is 0.219 e. The van der Waals surface area contributed by atoms with E-state index in [9.17, 15) is 4.79 Å². The highest BCUT2D eigenvalue weighted by Crippen LogP contribution is 2.10. The first-order valence-corrected chi connectivity index (χ1v) is 4.97. The van der Waals surface area contributed by atoms with Crippen LogP contribution < -0.4 is 11.5 Å². The van der Waals surface area contributed by atoms with Gasteiger partial charge >= 0.3 is 0 Å². The molecule has 0 saturated carbocycles. The summed E-state index contributed by atoms with van der Waals surface area (Å²) in [6.45, 7) is 4.85. The molecule has 0 aliphatic carbocycles. The zero-order chi connectivity index (χ0) is 10.6. The van der Waals surface area contributed by atoms with Crippen molar-refractivity contribution in [1.82, 2.24) is 4.90 Å². The molecule has 0 aromatic carbocycles. The number of hydrogen-bond acceptors (Lipinski definition) is 4. The second kappa shape index (κ2) is 5.29. The van der Waals surface area contributed by atoms with Crippen molar-refractivity contribution >= 4 is 5.91 Å². The first-order chi connectivity index (χ1) is 6.63. The van der Waals surface area contributed by atoms with Crippen molar-refractivity contribution in [3.63, 3.8) is 0 Å². The lowest BCUT2D eigenvalue weighted by Crippen LogP contribution is -2.50. The first-order valence-electron chi connectivity index (χ1n) is 4.97. The Hall–Kier alpha value is -0.650. The highest BCUT2D eigenvalue weighted by molar-refractivity contribution is 5.74. The second-order valence-electron chi connectivity index (χ2n) is 3.74. The number of morpholine rings is 1. The van der Waals surface area contributed by atoms with Crippen molar-refractivity contribution in [2.24, 2.45) is 11.5 Å². The second-order valence-corrected chi connectivity index (χ2v) is 3.74. The zero-order valence-electron chi connectivity index (χ0n) is 8.61. The van der Waals surface area contributed by atoms with E-state index in [1.54, 1.807) is 0 Å². The van der Waals surface area contributed by atoms with Crippen LogP contribution in [-0.4, -0.2) is 49.2 Å².